The summed E-state index contributed by atoms with van der Waals surface area (Å²) in [4.78, 5) is 0. The second-order valence-electron chi connectivity index (χ2n) is 22.5. The van der Waals surface area contributed by atoms with E-state index in [1.54, 1.807) is 0 Å². The van der Waals surface area contributed by atoms with Gasteiger partial charge in [-0.2, -0.15) is 0 Å². The van der Waals surface area contributed by atoms with Crippen molar-refractivity contribution in [3.05, 3.63) is 0 Å². The highest BCUT2D eigenvalue weighted by Crippen LogP contribution is 2.38. The summed E-state index contributed by atoms with van der Waals surface area (Å²) < 4.78 is 83.1. The van der Waals surface area contributed by atoms with Crippen LogP contribution in [0.2, 0.25) is 0 Å². The molecule has 8 fully saturated rings. The number of hydrogen-bond donors (Lipinski definition) is 26. The van der Waals surface area contributed by atoms with E-state index in [9.17, 15) is 133 Å². The fraction of sp³-hybridized carbons (Fsp3) is 1.00. The van der Waals surface area contributed by atoms with Crippen LogP contribution < -0.4 is 0 Å². The zero-order valence-corrected chi connectivity index (χ0v) is 46.5. The third-order valence-electron chi connectivity index (χ3n) is 16.6. The van der Waals surface area contributed by atoms with Crippen molar-refractivity contribution in [2.75, 3.05) is 52.9 Å². The average molecular weight is 1320 g/mol. The predicted octanol–water partition coefficient (Wildman–Crippen LogP) is -18.5. The molecule has 0 radical (unpaired) electrons. The minimum Gasteiger partial charge on any atom is -0.394 e. The molecule has 8 aliphatic heterocycles. The normalized spacial score (nSPS) is 53.6. The van der Waals surface area contributed by atoms with Gasteiger partial charge in [-0.1, -0.05) is 0 Å². The molecule has 1 unspecified atom stereocenters. The lowest BCUT2D eigenvalue weighted by Crippen LogP contribution is -2.68. The van der Waals surface area contributed by atoms with Gasteiger partial charge < -0.3 is 204 Å². The highest BCUT2D eigenvalue weighted by molar-refractivity contribution is 5.01. The van der Waals surface area contributed by atoms with E-state index in [0.717, 1.165) is 0 Å². The van der Waals surface area contributed by atoms with Crippen LogP contribution in [0, 0.1) is 0 Å². The molecular formula is C48H82O41. The Morgan fingerprint density at radius 3 is 0.674 bits per heavy atom. The average Bonchev–Trinajstić information content (AvgIpc) is 0.871. The quantitative estimate of drug-likeness (QED) is 0.0479. The first-order valence-corrected chi connectivity index (χ1v) is 28.2. The zero-order chi connectivity index (χ0) is 65.4. The van der Waals surface area contributed by atoms with Gasteiger partial charge in [-0.25, -0.2) is 0 Å². The summed E-state index contributed by atoms with van der Waals surface area (Å²) in [7, 11) is 0. The van der Waals surface area contributed by atoms with Gasteiger partial charge in [0.2, 0.25) is 0 Å². The molecule has 8 heterocycles. The lowest BCUT2D eigenvalue weighted by molar-refractivity contribution is -0.396. The summed E-state index contributed by atoms with van der Waals surface area (Å²) in [6, 6.07) is 0. The number of aliphatic hydroxyl groups is 26. The van der Waals surface area contributed by atoms with Crippen molar-refractivity contribution >= 4 is 0 Å². The Balaban J connectivity index is 0.846. The number of ether oxygens (including phenoxy) is 15. The number of rotatable bonds is 22. The first-order chi connectivity index (χ1) is 42.2. The molecule has 0 bridgehead atoms. The van der Waals surface area contributed by atoms with Gasteiger partial charge in [0.25, 0.3) is 0 Å². The Morgan fingerprint density at radius 1 is 0.191 bits per heavy atom. The van der Waals surface area contributed by atoms with Crippen LogP contribution in [-0.2, 0) is 71.1 Å². The van der Waals surface area contributed by atoms with Crippen LogP contribution in [-0.4, -0.2) is 431 Å². The van der Waals surface area contributed by atoms with Gasteiger partial charge in [-0.05, 0) is 0 Å². The second kappa shape index (κ2) is 31.5. The summed E-state index contributed by atoms with van der Waals surface area (Å²) in [5.41, 5.74) is 0. The summed E-state index contributed by atoms with van der Waals surface area (Å²) in [5, 5.41) is 276. The zero-order valence-electron chi connectivity index (χ0n) is 46.5. The fourth-order valence-corrected chi connectivity index (χ4v) is 11.3. The Hall–Kier alpha value is -1.64. The van der Waals surface area contributed by atoms with E-state index in [-0.39, 0.29) is 0 Å². The highest BCUT2D eigenvalue weighted by atomic mass is 16.8. The van der Waals surface area contributed by atoms with Crippen molar-refractivity contribution in [1.82, 2.24) is 0 Å². The standard InChI is InChI=1S/C48H82O41/c49-1-9-17(55)20(58)29(67)42(78-9)75-7-15-18(56)21(59)30(68)43(83-15)76-8-16-19(57)22(60)31(69)44(84-16)86-37-11(3-51)80-46(33(71)24(37)62)88-39-13(5-53)82-48(35(73)26(39)64)89-40-14(6-54)81-47(34(72)27(40)65)87-38-12(4-52)79-45(32(70)25(38)63)85-36-10(2-50)77-41(74)28(66)23(36)61/h9-74H,1-8H2/t9-,10-,11-,12-,13-,14-,15-,16-,17-,18-,19-,20+,21+,22+,23-,24-,25-,26-,27-,28-,29-,30-,31-,32-,33-,34-,35-,36-,37-,38-,39-,40-,41?,42+,43+,44-,45-,46-,47-,48-/m1/s1. The SMILES string of the molecule is OC[C@H]1O[C@H](OC[C@H]2O[C@H](OC[C@H]3O[C@H](O[C@H]4[C@H](O)[C@@H](O)[C@@H](O[C@H]5[C@H](O)[C@@H](O)[C@@H](O[C@H]6[C@H](O)[C@@H](O)[C@@H](O[C@H]7[C@H](O)[C@@H](O)[C@@H](O[C@H]8[C@H](O)[C@@H](O)C(O)O[C@@H]8CO)O[C@@H]7CO)O[C@@H]6CO)O[C@@H]5CO)O[C@@H]4CO)[C@H](O)[C@@H](O)[C@@H]3O)[C@H](O)[C@@H](O)[C@@H]2O)[C@H](O)[C@@H](O)[C@@H]1O. The second-order valence-corrected chi connectivity index (χ2v) is 22.5. The first-order valence-electron chi connectivity index (χ1n) is 28.2. The van der Waals surface area contributed by atoms with Crippen LogP contribution in [0.3, 0.4) is 0 Å². The third kappa shape index (κ3) is 15.3. The van der Waals surface area contributed by atoms with Gasteiger partial charge in [0.1, 0.15) is 195 Å². The lowest BCUT2D eigenvalue weighted by Gasteiger charge is -2.49. The maximum atomic E-state index is 11.4. The van der Waals surface area contributed by atoms with Gasteiger partial charge in [0.05, 0.1) is 52.9 Å². The summed E-state index contributed by atoms with van der Waals surface area (Å²) >= 11 is 0. The van der Waals surface area contributed by atoms with Crippen LogP contribution in [0.4, 0.5) is 0 Å². The van der Waals surface area contributed by atoms with Gasteiger partial charge in [0.15, 0.2) is 50.3 Å². The smallest absolute Gasteiger partial charge is 0.187 e. The maximum absolute atomic E-state index is 11.4. The molecule has 8 aliphatic rings. The minimum atomic E-state index is -2.26. The van der Waals surface area contributed by atoms with Crippen molar-refractivity contribution in [3.8, 4) is 0 Å². The largest absolute Gasteiger partial charge is 0.394 e. The Kier molecular flexibility index (Phi) is 25.9. The molecule has 520 valence electrons. The third-order valence-corrected chi connectivity index (χ3v) is 16.6. The van der Waals surface area contributed by atoms with Gasteiger partial charge in [-0.15, -0.1) is 0 Å². The highest BCUT2D eigenvalue weighted by Gasteiger charge is 2.58. The fourth-order valence-electron chi connectivity index (χ4n) is 11.3. The van der Waals surface area contributed by atoms with E-state index in [0.29, 0.717) is 0 Å². The number of hydrogen-bond acceptors (Lipinski definition) is 41. The van der Waals surface area contributed by atoms with Crippen molar-refractivity contribution in [2.24, 2.45) is 0 Å². The van der Waals surface area contributed by atoms with Crippen LogP contribution in [0.5, 0.6) is 0 Å². The molecule has 0 spiro atoms. The summed E-state index contributed by atoms with van der Waals surface area (Å²) in [5.74, 6) is 0. The van der Waals surface area contributed by atoms with Crippen LogP contribution in [0.25, 0.3) is 0 Å². The van der Waals surface area contributed by atoms with Crippen molar-refractivity contribution in [2.45, 2.75) is 246 Å². The molecule has 26 N–H and O–H groups in total. The molecular weight excluding hydrogens is 1230 g/mol. The van der Waals surface area contributed by atoms with E-state index in [4.69, 9.17) is 71.1 Å². The monoisotopic (exact) mass is 1310 g/mol. The van der Waals surface area contributed by atoms with Gasteiger partial charge >= 0.3 is 0 Å². The van der Waals surface area contributed by atoms with E-state index in [1.807, 2.05) is 0 Å². The molecule has 0 aromatic heterocycles. The molecule has 0 aliphatic carbocycles. The van der Waals surface area contributed by atoms with Crippen molar-refractivity contribution in [3.63, 3.8) is 0 Å². The molecule has 41 nitrogen and oxygen atoms in total. The molecule has 40 atom stereocenters. The summed E-state index contributed by atoms with van der Waals surface area (Å²) in [6.07, 6.45) is -77.7. The van der Waals surface area contributed by atoms with Crippen LogP contribution >= 0.6 is 0 Å². The van der Waals surface area contributed by atoms with Crippen molar-refractivity contribution < 1.29 is 204 Å². The van der Waals surface area contributed by atoms with Crippen LogP contribution in [0.15, 0.2) is 0 Å². The van der Waals surface area contributed by atoms with Gasteiger partial charge in [-0.3, -0.25) is 0 Å². The Labute approximate surface area is 501 Å². The van der Waals surface area contributed by atoms with Crippen LogP contribution in [0.1, 0.15) is 0 Å². The molecule has 0 amide bonds. The molecule has 41 heteroatoms. The molecule has 0 saturated carbocycles. The van der Waals surface area contributed by atoms with E-state index < -0.39 is 299 Å². The Morgan fingerprint density at radius 2 is 0.393 bits per heavy atom. The molecule has 0 aromatic rings. The lowest BCUT2D eigenvalue weighted by atomic mass is 9.95. The molecule has 8 rings (SSSR count). The first kappa shape index (κ1) is 73.2. The summed E-state index contributed by atoms with van der Waals surface area (Å²) in [6.45, 7) is -7.58. The molecule has 8 saturated heterocycles. The van der Waals surface area contributed by atoms with E-state index in [2.05, 4.69) is 0 Å². The Bertz CT molecular complexity index is 2120. The van der Waals surface area contributed by atoms with Crippen molar-refractivity contribution in [1.29, 1.82) is 0 Å². The van der Waals surface area contributed by atoms with Gasteiger partial charge in [0, 0.05) is 0 Å². The predicted molar refractivity (Wildman–Crippen MR) is 264 cm³/mol. The maximum Gasteiger partial charge on any atom is 0.187 e. The topological polar surface area (TPSA) is 664 Å². The molecule has 89 heavy (non-hydrogen) atoms. The van der Waals surface area contributed by atoms with E-state index >= 15 is 0 Å². The number of aliphatic hydroxyl groups excluding tert-OH is 26. The van der Waals surface area contributed by atoms with E-state index in [1.165, 1.54) is 0 Å². The minimum absolute atomic E-state index is 0.746. The molecule has 0 aromatic carbocycles.